The first-order chi connectivity index (χ1) is 12.8. The molecule has 4 rings (SSSR count). The molecule has 4 aromatic rings. The summed E-state index contributed by atoms with van der Waals surface area (Å²) >= 11 is 0. The van der Waals surface area contributed by atoms with Gasteiger partial charge in [0.2, 0.25) is 0 Å². The van der Waals surface area contributed by atoms with Crippen LogP contribution in [0.15, 0.2) is 102 Å². The fraction of sp³-hybridized carbons (Fsp3) is 0. The molecule has 3 aromatic carbocycles. The van der Waals surface area contributed by atoms with Crippen LogP contribution in [0.1, 0.15) is 0 Å². The summed E-state index contributed by atoms with van der Waals surface area (Å²) in [5, 5.41) is 0. The summed E-state index contributed by atoms with van der Waals surface area (Å²) in [5.41, 5.74) is 4.71. The molecule has 26 heavy (non-hydrogen) atoms. The van der Waals surface area contributed by atoms with Gasteiger partial charge in [-0.3, -0.25) is 4.79 Å². The fourth-order valence-electron chi connectivity index (χ4n) is 3.18. The zero-order valence-corrected chi connectivity index (χ0v) is 14.2. The number of rotatable bonds is 3. The van der Waals surface area contributed by atoms with Crippen LogP contribution >= 0.6 is 0 Å². The highest BCUT2D eigenvalue weighted by Gasteiger charge is 2.17. The lowest BCUT2D eigenvalue weighted by Gasteiger charge is -2.16. The van der Waals surface area contributed by atoms with Gasteiger partial charge in [-0.15, -0.1) is 0 Å². The van der Waals surface area contributed by atoms with E-state index in [-0.39, 0.29) is 5.56 Å². The molecule has 0 aliphatic carbocycles. The predicted octanol–water partition coefficient (Wildman–Crippen LogP) is 4.56. The maximum absolute atomic E-state index is 13.2. The van der Waals surface area contributed by atoms with Crippen molar-refractivity contribution in [1.29, 1.82) is 0 Å². The zero-order chi connectivity index (χ0) is 17.9. The van der Waals surface area contributed by atoms with Crippen molar-refractivity contribution in [2.24, 2.45) is 0 Å². The molecule has 0 unspecified atom stereocenters. The van der Waals surface area contributed by atoms with E-state index in [1.165, 1.54) is 4.68 Å². The molecule has 1 heterocycles. The summed E-state index contributed by atoms with van der Waals surface area (Å²) in [7, 11) is 0. The molecule has 3 heteroatoms. The molecule has 0 fully saturated rings. The van der Waals surface area contributed by atoms with Gasteiger partial charge in [0, 0.05) is 5.56 Å². The Labute approximate surface area is 152 Å². The number of benzene rings is 3. The van der Waals surface area contributed by atoms with E-state index in [1.807, 2.05) is 97.1 Å². The molecule has 0 saturated heterocycles. The van der Waals surface area contributed by atoms with E-state index >= 15 is 0 Å². The maximum atomic E-state index is 13.2. The van der Waals surface area contributed by atoms with E-state index in [0.29, 0.717) is 11.3 Å². The van der Waals surface area contributed by atoms with Crippen molar-refractivity contribution in [1.82, 2.24) is 4.68 Å². The molecule has 1 aromatic heterocycles. The van der Waals surface area contributed by atoms with Crippen LogP contribution in [0, 0.1) is 0 Å². The minimum atomic E-state index is -0.212. The molecule has 0 amide bonds. The van der Waals surface area contributed by atoms with Crippen molar-refractivity contribution < 1.29 is 0 Å². The maximum Gasteiger partial charge on any atom is 0.277 e. The first-order valence-electron chi connectivity index (χ1n) is 8.47. The third-order valence-corrected chi connectivity index (χ3v) is 4.46. The molecular formula is C23H18N2O. The van der Waals surface area contributed by atoms with E-state index in [4.69, 9.17) is 5.84 Å². The van der Waals surface area contributed by atoms with E-state index < -0.39 is 0 Å². The Morgan fingerprint density at radius 3 is 1.62 bits per heavy atom. The van der Waals surface area contributed by atoms with Crippen molar-refractivity contribution in [3.05, 3.63) is 107 Å². The van der Waals surface area contributed by atoms with Gasteiger partial charge < -0.3 is 5.84 Å². The predicted molar refractivity (Wildman–Crippen MR) is 107 cm³/mol. The van der Waals surface area contributed by atoms with Gasteiger partial charge in [-0.1, -0.05) is 91.0 Å². The molecule has 0 saturated carbocycles. The highest BCUT2D eigenvalue weighted by atomic mass is 16.1. The summed E-state index contributed by atoms with van der Waals surface area (Å²) in [6.07, 6.45) is 0. The number of pyridine rings is 1. The quantitative estimate of drug-likeness (QED) is 0.557. The van der Waals surface area contributed by atoms with Gasteiger partial charge in [-0.2, -0.15) is 0 Å². The standard InChI is InChI=1S/C23H18N2O/c24-25-21(18-12-6-2-7-13-18)16-20(17-10-4-1-5-11-17)22(23(25)26)19-14-8-3-9-15-19/h1-16H,24H2. The Kier molecular flexibility index (Phi) is 4.12. The Hall–Kier alpha value is -3.59. The average molecular weight is 338 g/mol. The molecular weight excluding hydrogens is 320 g/mol. The number of nitrogens with two attached hydrogens (primary N) is 1. The highest BCUT2D eigenvalue weighted by molar-refractivity contribution is 5.85. The van der Waals surface area contributed by atoms with Crippen LogP contribution in [-0.2, 0) is 0 Å². The molecule has 0 aliphatic rings. The van der Waals surface area contributed by atoms with Crippen LogP contribution in [0.5, 0.6) is 0 Å². The van der Waals surface area contributed by atoms with Crippen LogP contribution in [0.2, 0.25) is 0 Å². The third-order valence-electron chi connectivity index (χ3n) is 4.46. The van der Waals surface area contributed by atoms with Crippen molar-refractivity contribution in [3.63, 3.8) is 0 Å². The van der Waals surface area contributed by atoms with E-state index in [2.05, 4.69) is 0 Å². The largest absolute Gasteiger partial charge is 0.336 e. The first-order valence-corrected chi connectivity index (χ1v) is 8.47. The van der Waals surface area contributed by atoms with Gasteiger partial charge in [0.25, 0.3) is 5.56 Å². The van der Waals surface area contributed by atoms with E-state index in [0.717, 1.165) is 22.3 Å². The van der Waals surface area contributed by atoms with Gasteiger partial charge in [0.05, 0.1) is 11.3 Å². The minimum absolute atomic E-state index is 0.212. The molecule has 3 nitrogen and oxygen atoms in total. The smallest absolute Gasteiger partial charge is 0.277 e. The number of hydrogen-bond donors (Lipinski definition) is 1. The summed E-state index contributed by atoms with van der Waals surface area (Å²) in [6.45, 7) is 0. The summed E-state index contributed by atoms with van der Waals surface area (Å²) in [5.74, 6) is 6.20. The molecule has 0 atom stereocenters. The molecule has 0 bridgehead atoms. The van der Waals surface area contributed by atoms with Crippen LogP contribution in [0.3, 0.4) is 0 Å². The van der Waals surface area contributed by atoms with Gasteiger partial charge in [-0.05, 0) is 22.8 Å². The second-order valence-electron chi connectivity index (χ2n) is 6.09. The summed E-state index contributed by atoms with van der Waals surface area (Å²) < 4.78 is 1.24. The number of hydrogen-bond acceptors (Lipinski definition) is 2. The monoisotopic (exact) mass is 338 g/mol. The Bertz CT molecular complexity index is 1090. The first kappa shape index (κ1) is 15.9. The molecule has 0 aliphatic heterocycles. The number of nitrogens with zero attached hydrogens (tertiary/aromatic N) is 1. The second-order valence-corrected chi connectivity index (χ2v) is 6.09. The van der Waals surface area contributed by atoms with Crippen LogP contribution in [-0.4, -0.2) is 4.68 Å². The Morgan fingerprint density at radius 2 is 1.08 bits per heavy atom. The molecule has 0 radical (unpaired) electrons. The normalized spacial score (nSPS) is 10.6. The highest BCUT2D eigenvalue weighted by Crippen LogP contribution is 2.32. The lowest BCUT2D eigenvalue weighted by Crippen LogP contribution is -2.30. The van der Waals surface area contributed by atoms with Gasteiger partial charge >= 0.3 is 0 Å². The van der Waals surface area contributed by atoms with Crippen molar-refractivity contribution in [2.75, 3.05) is 5.84 Å². The third kappa shape index (κ3) is 2.80. The second kappa shape index (κ2) is 6.73. The van der Waals surface area contributed by atoms with E-state index in [9.17, 15) is 4.79 Å². The zero-order valence-electron chi connectivity index (χ0n) is 14.2. The van der Waals surface area contributed by atoms with Crippen LogP contribution in [0.25, 0.3) is 33.5 Å². The Morgan fingerprint density at radius 1 is 0.615 bits per heavy atom. The fourth-order valence-corrected chi connectivity index (χ4v) is 3.18. The SMILES string of the molecule is Nn1c(-c2ccccc2)cc(-c2ccccc2)c(-c2ccccc2)c1=O. The number of nitrogen functional groups attached to an aromatic ring is 1. The molecule has 2 N–H and O–H groups in total. The van der Waals surface area contributed by atoms with Crippen molar-refractivity contribution in [3.8, 4) is 33.5 Å². The summed E-state index contributed by atoms with van der Waals surface area (Å²) in [6, 6.07) is 31.3. The lowest BCUT2D eigenvalue weighted by molar-refractivity contribution is 0.951. The molecule has 126 valence electrons. The summed E-state index contributed by atoms with van der Waals surface area (Å²) in [4.78, 5) is 13.2. The van der Waals surface area contributed by atoms with Gasteiger partial charge in [0.15, 0.2) is 0 Å². The van der Waals surface area contributed by atoms with Crippen LogP contribution in [0.4, 0.5) is 0 Å². The van der Waals surface area contributed by atoms with Crippen molar-refractivity contribution in [2.45, 2.75) is 0 Å². The lowest BCUT2D eigenvalue weighted by atomic mass is 9.94. The minimum Gasteiger partial charge on any atom is -0.336 e. The van der Waals surface area contributed by atoms with Gasteiger partial charge in [-0.25, -0.2) is 4.68 Å². The average Bonchev–Trinajstić information content (AvgIpc) is 2.72. The topological polar surface area (TPSA) is 48.0 Å². The van der Waals surface area contributed by atoms with Gasteiger partial charge in [0.1, 0.15) is 0 Å². The Balaban J connectivity index is 2.07. The van der Waals surface area contributed by atoms with Crippen LogP contribution < -0.4 is 11.4 Å². The van der Waals surface area contributed by atoms with Crippen molar-refractivity contribution >= 4 is 0 Å². The van der Waals surface area contributed by atoms with E-state index in [1.54, 1.807) is 0 Å². The number of aromatic nitrogens is 1. The molecule has 0 spiro atoms.